The molecule has 1 amide bonds. The lowest BCUT2D eigenvalue weighted by Gasteiger charge is -2.21. The minimum atomic E-state index is -0.397. The summed E-state index contributed by atoms with van der Waals surface area (Å²) in [6.07, 6.45) is 1.17. The van der Waals surface area contributed by atoms with Crippen molar-refractivity contribution in [3.8, 4) is 0 Å². The summed E-state index contributed by atoms with van der Waals surface area (Å²) >= 11 is 6.28. The van der Waals surface area contributed by atoms with Crippen LogP contribution in [0.4, 0.5) is 4.39 Å². The van der Waals surface area contributed by atoms with Crippen LogP contribution in [-0.2, 0) is 4.79 Å². The van der Waals surface area contributed by atoms with Crippen molar-refractivity contribution in [2.24, 2.45) is 0 Å². The molecule has 0 saturated heterocycles. The molecule has 0 aliphatic heterocycles. The summed E-state index contributed by atoms with van der Waals surface area (Å²) in [5.74, 6) is -0.374. The lowest BCUT2D eigenvalue weighted by molar-refractivity contribution is -0.121. The molecule has 0 spiro atoms. The molecular weight excluding hydrogens is 350 g/mol. The van der Waals surface area contributed by atoms with E-state index >= 15 is 0 Å². The fourth-order valence-corrected chi connectivity index (χ4v) is 2.61. The molecule has 2 aromatic rings. The molecule has 6 heteroatoms. The maximum Gasteiger partial charge on any atom is 0.220 e. The van der Waals surface area contributed by atoms with Gasteiger partial charge >= 0.3 is 0 Å². The highest BCUT2D eigenvalue weighted by Gasteiger charge is 2.19. The zero-order chi connectivity index (χ0) is 16.7. The molecule has 0 aliphatic rings. The number of benzene rings is 2. The second kappa shape index (κ2) is 10.3. The minimum Gasteiger partial charge on any atom is -0.345 e. The van der Waals surface area contributed by atoms with Crippen LogP contribution in [0.1, 0.15) is 30.0 Å². The van der Waals surface area contributed by atoms with Gasteiger partial charge in [-0.1, -0.05) is 41.9 Å². The van der Waals surface area contributed by atoms with Gasteiger partial charge < -0.3 is 10.6 Å². The molecular formula is C18H21Cl2FN2O. The predicted molar refractivity (Wildman–Crippen MR) is 98.2 cm³/mol. The van der Waals surface area contributed by atoms with E-state index in [4.69, 9.17) is 11.6 Å². The lowest BCUT2D eigenvalue weighted by Crippen LogP contribution is -2.30. The Labute approximate surface area is 153 Å². The number of halogens is 3. The van der Waals surface area contributed by atoms with E-state index in [0.717, 1.165) is 24.1 Å². The number of carbonyl (C=O) groups excluding carboxylic acids is 1. The molecule has 2 rings (SSSR count). The molecule has 2 N–H and O–H groups in total. The van der Waals surface area contributed by atoms with Crippen molar-refractivity contribution >= 4 is 29.9 Å². The van der Waals surface area contributed by atoms with Gasteiger partial charge in [0.1, 0.15) is 5.82 Å². The van der Waals surface area contributed by atoms with Gasteiger partial charge in [-0.25, -0.2) is 4.39 Å². The second-order valence-corrected chi connectivity index (χ2v) is 5.69. The van der Waals surface area contributed by atoms with Crippen LogP contribution in [0.15, 0.2) is 48.5 Å². The van der Waals surface area contributed by atoms with E-state index in [9.17, 15) is 9.18 Å². The Morgan fingerprint density at radius 3 is 2.46 bits per heavy atom. The van der Waals surface area contributed by atoms with Crippen molar-refractivity contribution in [3.05, 3.63) is 70.5 Å². The zero-order valence-corrected chi connectivity index (χ0v) is 15.0. The van der Waals surface area contributed by atoms with Gasteiger partial charge in [0.25, 0.3) is 0 Å². The highest BCUT2D eigenvalue weighted by atomic mass is 35.5. The molecule has 24 heavy (non-hydrogen) atoms. The van der Waals surface area contributed by atoms with E-state index in [0.29, 0.717) is 11.4 Å². The number of nitrogens with one attached hydrogen (secondary N) is 2. The van der Waals surface area contributed by atoms with Gasteiger partial charge in [0.2, 0.25) is 5.91 Å². The third-order valence-electron chi connectivity index (χ3n) is 3.56. The van der Waals surface area contributed by atoms with E-state index in [1.54, 1.807) is 18.2 Å². The van der Waals surface area contributed by atoms with Crippen molar-refractivity contribution < 1.29 is 9.18 Å². The van der Waals surface area contributed by atoms with Gasteiger partial charge in [0.15, 0.2) is 0 Å². The average molecular weight is 371 g/mol. The summed E-state index contributed by atoms with van der Waals surface area (Å²) in [6.45, 7) is 0.779. The molecule has 0 aliphatic carbocycles. The van der Waals surface area contributed by atoms with Crippen LogP contribution in [0.2, 0.25) is 5.02 Å². The number of rotatable bonds is 7. The van der Waals surface area contributed by atoms with E-state index in [2.05, 4.69) is 10.6 Å². The number of carbonyl (C=O) groups is 1. The first-order valence-corrected chi connectivity index (χ1v) is 7.93. The monoisotopic (exact) mass is 370 g/mol. The molecule has 1 atom stereocenters. The Hall–Kier alpha value is -1.62. The summed E-state index contributed by atoms with van der Waals surface area (Å²) in [6, 6.07) is 13.0. The molecule has 0 aromatic heterocycles. The van der Waals surface area contributed by atoms with Crippen LogP contribution in [0.25, 0.3) is 0 Å². The molecule has 2 aromatic carbocycles. The highest BCUT2D eigenvalue weighted by Crippen LogP contribution is 2.28. The summed E-state index contributed by atoms with van der Waals surface area (Å²) in [7, 11) is 1.85. The fourth-order valence-electron chi connectivity index (χ4n) is 2.36. The van der Waals surface area contributed by atoms with Crippen LogP contribution >= 0.6 is 24.0 Å². The smallest absolute Gasteiger partial charge is 0.220 e. The molecule has 130 valence electrons. The summed E-state index contributed by atoms with van der Waals surface area (Å²) in [5.41, 5.74) is 1.59. The Morgan fingerprint density at radius 1 is 1.17 bits per heavy atom. The SMILES string of the molecule is CNCCCC(=O)NC(c1ccc(F)cc1)c1ccccc1Cl.Cl. The summed E-state index contributed by atoms with van der Waals surface area (Å²) in [4.78, 5) is 12.2. The maximum absolute atomic E-state index is 13.2. The largest absolute Gasteiger partial charge is 0.345 e. The minimum absolute atomic E-state index is 0. The van der Waals surface area contributed by atoms with Gasteiger partial charge in [0.05, 0.1) is 6.04 Å². The van der Waals surface area contributed by atoms with Crippen molar-refractivity contribution in [3.63, 3.8) is 0 Å². The first-order valence-electron chi connectivity index (χ1n) is 7.55. The third-order valence-corrected chi connectivity index (χ3v) is 3.90. The topological polar surface area (TPSA) is 41.1 Å². The Balaban J connectivity index is 0.00000288. The van der Waals surface area contributed by atoms with Gasteiger partial charge in [-0.15, -0.1) is 12.4 Å². The number of hydrogen-bond acceptors (Lipinski definition) is 2. The average Bonchev–Trinajstić information content (AvgIpc) is 2.55. The van der Waals surface area contributed by atoms with Crippen molar-refractivity contribution in [1.82, 2.24) is 10.6 Å². The van der Waals surface area contributed by atoms with Crippen molar-refractivity contribution in [2.75, 3.05) is 13.6 Å². The Morgan fingerprint density at radius 2 is 1.83 bits per heavy atom. The quantitative estimate of drug-likeness (QED) is 0.720. The van der Waals surface area contributed by atoms with E-state index in [-0.39, 0.29) is 24.1 Å². The molecule has 3 nitrogen and oxygen atoms in total. The molecule has 0 heterocycles. The Bertz CT molecular complexity index is 650. The first-order chi connectivity index (χ1) is 11.1. The van der Waals surface area contributed by atoms with Crippen LogP contribution in [-0.4, -0.2) is 19.5 Å². The molecule has 0 bridgehead atoms. The normalized spacial score (nSPS) is 11.5. The first kappa shape index (κ1) is 20.4. The van der Waals surface area contributed by atoms with Gasteiger partial charge in [-0.05, 0) is 49.3 Å². The van der Waals surface area contributed by atoms with Crippen molar-refractivity contribution in [1.29, 1.82) is 0 Å². The number of amides is 1. The van der Waals surface area contributed by atoms with Crippen molar-refractivity contribution in [2.45, 2.75) is 18.9 Å². The molecule has 1 unspecified atom stereocenters. The van der Waals surface area contributed by atoms with Crippen LogP contribution in [0.5, 0.6) is 0 Å². The summed E-state index contributed by atoms with van der Waals surface area (Å²) < 4.78 is 13.2. The van der Waals surface area contributed by atoms with Crippen LogP contribution in [0, 0.1) is 5.82 Å². The third kappa shape index (κ3) is 5.78. The molecule has 0 fully saturated rings. The molecule has 0 radical (unpaired) electrons. The lowest BCUT2D eigenvalue weighted by atomic mass is 9.98. The van der Waals surface area contributed by atoms with E-state index in [1.165, 1.54) is 12.1 Å². The summed E-state index contributed by atoms with van der Waals surface area (Å²) in [5, 5.41) is 6.57. The zero-order valence-electron chi connectivity index (χ0n) is 13.4. The second-order valence-electron chi connectivity index (χ2n) is 5.28. The highest BCUT2D eigenvalue weighted by molar-refractivity contribution is 6.31. The van der Waals surface area contributed by atoms with Gasteiger partial charge in [-0.2, -0.15) is 0 Å². The Kier molecular flexibility index (Phi) is 8.76. The predicted octanol–water partition coefficient (Wildman–Crippen LogP) is 4.11. The van der Waals surface area contributed by atoms with Gasteiger partial charge in [0, 0.05) is 11.4 Å². The molecule has 0 saturated carbocycles. The number of hydrogen-bond donors (Lipinski definition) is 2. The standard InChI is InChI=1S/C18H20ClFN2O.ClH/c1-21-12-4-7-17(23)22-18(13-8-10-14(20)11-9-13)15-5-2-3-6-16(15)19;/h2-3,5-6,8-11,18,21H,4,7,12H2,1H3,(H,22,23);1H. The van der Waals surface area contributed by atoms with E-state index in [1.807, 2.05) is 25.2 Å². The van der Waals surface area contributed by atoms with Crippen LogP contribution < -0.4 is 10.6 Å². The van der Waals surface area contributed by atoms with Crippen LogP contribution in [0.3, 0.4) is 0 Å². The van der Waals surface area contributed by atoms with E-state index < -0.39 is 6.04 Å². The fraction of sp³-hybridized carbons (Fsp3) is 0.278. The maximum atomic E-state index is 13.2. The van der Waals surface area contributed by atoms with Gasteiger partial charge in [-0.3, -0.25) is 4.79 Å².